The minimum atomic E-state index is -3.73. The van der Waals surface area contributed by atoms with E-state index >= 15 is 0 Å². The Morgan fingerprint density at radius 2 is 1.76 bits per heavy atom. The van der Waals surface area contributed by atoms with Crippen molar-refractivity contribution in [1.29, 1.82) is 0 Å². The van der Waals surface area contributed by atoms with Crippen molar-refractivity contribution in [1.82, 2.24) is 15.1 Å². The Morgan fingerprint density at radius 1 is 1.00 bits per heavy atom. The van der Waals surface area contributed by atoms with E-state index in [1.165, 1.54) is 4.31 Å². The molecular weight excluding hydrogens is 436 g/mol. The Morgan fingerprint density at radius 3 is 2.55 bits per heavy atom. The molecule has 1 aliphatic heterocycles. The lowest BCUT2D eigenvalue weighted by Gasteiger charge is -2.18. The smallest absolute Gasteiger partial charge is 0.265 e. The molecule has 33 heavy (non-hydrogen) atoms. The maximum Gasteiger partial charge on any atom is 0.265 e. The first-order chi connectivity index (χ1) is 15.9. The van der Waals surface area contributed by atoms with Gasteiger partial charge in [-0.05, 0) is 55.0 Å². The van der Waals surface area contributed by atoms with E-state index in [9.17, 15) is 13.2 Å². The molecule has 0 atom stereocenters. The fourth-order valence-electron chi connectivity index (χ4n) is 4.28. The summed E-state index contributed by atoms with van der Waals surface area (Å²) < 4.78 is 29.1. The predicted molar refractivity (Wildman–Crippen MR) is 128 cm³/mol. The number of hydrogen-bond donors (Lipinski definition) is 1. The summed E-state index contributed by atoms with van der Waals surface area (Å²) in [7, 11) is -3.73. The Labute approximate surface area is 192 Å². The predicted octanol–water partition coefficient (Wildman–Crippen LogP) is 3.59. The maximum absolute atomic E-state index is 13.0. The molecule has 1 aromatic heterocycles. The molecule has 0 aliphatic carbocycles. The Hall–Kier alpha value is -3.65. The van der Waals surface area contributed by atoms with E-state index in [2.05, 4.69) is 10.4 Å². The van der Waals surface area contributed by atoms with Crippen molar-refractivity contribution < 1.29 is 13.2 Å². The quantitative estimate of drug-likeness (QED) is 0.427. The van der Waals surface area contributed by atoms with Gasteiger partial charge in [-0.25, -0.2) is 13.1 Å². The highest BCUT2D eigenvalue weighted by atomic mass is 32.2. The molecule has 1 N–H and O–H groups in total. The first kappa shape index (κ1) is 21.2. The van der Waals surface area contributed by atoms with Gasteiger partial charge in [-0.15, -0.1) is 0 Å². The molecule has 168 valence electrons. The van der Waals surface area contributed by atoms with Crippen LogP contribution in [-0.2, 0) is 21.2 Å². The largest absolute Gasteiger partial charge is 0.355 e. The van der Waals surface area contributed by atoms with Crippen molar-refractivity contribution in [3.63, 3.8) is 0 Å². The number of nitrogens with zero attached hydrogens (tertiary/aromatic N) is 3. The Kier molecular flexibility index (Phi) is 5.38. The van der Waals surface area contributed by atoms with E-state index in [1.807, 2.05) is 66.3 Å². The average Bonchev–Trinajstić information content (AvgIpc) is 3.29. The topological polar surface area (TPSA) is 84.3 Å². The molecule has 0 saturated carbocycles. The molecule has 0 unspecified atom stereocenters. The number of nitrogens with one attached hydrogen (secondary N) is 1. The van der Waals surface area contributed by atoms with E-state index < -0.39 is 10.0 Å². The molecular formula is C25H24N4O3S. The molecule has 8 heteroatoms. The van der Waals surface area contributed by atoms with Crippen molar-refractivity contribution in [2.24, 2.45) is 0 Å². The Bertz CT molecular complexity index is 1440. The second-order valence-electron chi connectivity index (χ2n) is 8.12. The molecule has 7 nitrogen and oxygen atoms in total. The number of carbonyl (C=O) groups excluding carboxylic acids is 1. The number of anilines is 1. The molecule has 2 heterocycles. The van der Waals surface area contributed by atoms with Crippen LogP contribution in [0.25, 0.3) is 16.5 Å². The number of carbonyl (C=O) groups is 1. The van der Waals surface area contributed by atoms with Crippen LogP contribution in [0, 0.1) is 6.92 Å². The number of rotatable bonds is 7. The average molecular weight is 461 g/mol. The summed E-state index contributed by atoms with van der Waals surface area (Å²) >= 11 is 0. The molecule has 0 radical (unpaired) electrons. The summed E-state index contributed by atoms with van der Waals surface area (Å²) in [4.78, 5) is 12.8. The SMILES string of the molecule is Cc1nn(-c2ccccc2)cc1CCCNC(=O)CN1c2cccc3cccc(c23)S1(=O)=O. The fourth-order valence-corrected chi connectivity index (χ4v) is 5.94. The van der Waals surface area contributed by atoms with Crippen LogP contribution in [0.2, 0.25) is 0 Å². The van der Waals surface area contributed by atoms with Crippen LogP contribution >= 0.6 is 0 Å². The van der Waals surface area contributed by atoms with Crippen molar-refractivity contribution in [2.75, 3.05) is 17.4 Å². The van der Waals surface area contributed by atoms with Gasteiger partial charge in [0.05, 0.1) is 22.0 Å². The lowest BCUT2D eigenvalue weighted by molar-refractivity contribution is -0.119. The zero-order valence-corrected chi connectivity index (χ0v) is 19.0. The van der Waals surface area contributed by atoms with Gasteiger partial charge in [0.1, 0.15) is 6.54 Å². The first-order valence-corrected chi connectivity index (χ1v) is 12.3. The van der Waals surface area contributed by atoms with Gasteiger partial charge < -0.3 is 5.32 Å². The van der Waals surface area contributed by atoms with Gasteiger partial charge in [0.2, 0.25) is 5.91 Å². The highest BCUT2D eigenvalue weighted by Crippen LogP contribution is 2.41. The first-order valence-electron chi connectivity index (χ1n) is 10.9. The summed E-state index contributed by atoms with van der Waals surface area (Å²) in [6.45, 7) is 2.20. The van der Waals surface area contributed by atoms with E-state index in [0.717, 1.165) is 35.2 Å². The third-order valence-electron chi connectivity index (χ3n) is 5.93. The molecule has 0 saturated heterocycles. The van der Waals surface area contributed by atoms with Gasteiger partial charge in [-0.2, -0.15) is 5.10 Å². The standard InChI is InChI=1S/C25H24N4O3S/c1-18-20(16-28(27-18)21-11-3-2-4-12-21)10-7-15-26-24(30)17-29-22-13-5-8-19-9-6-14-23(25(19)22)33(29,31)32/h2-6,8-9,11-14,16H,7,10,15,17H2,1H3,(H,26,30). The van der Waals surface area contributed by atoms with Gasteiger partial charge >= 0.3 is 0 Å². The lowest BCUT2D eigenvalue weighted by Crippen LogP contribution is -2.39. The van der Waals surface area contributed by atoms with Crippen molar-refractivity contribution >= 4 is 32.4 Å². The van der Waals surface area contributed by atoms with Crippen molar-refractivity contribution in [3.8, 4) is 5.69 Å². The number of benzene rings is 3. The van der Waals surface area contributed by atoms with Crippen molar-refractivity contribution in [2.45, 2.75) is 24.7 Å². The van der Waals surface area contributed by atoms with Crippen LogP contribution in [0.15, 0.2) is 77.8 Å². The van der Waals surface area contributed by atoms with Gasteiger partial charge in [0.25, 0.3) is 10.0 Å². The zero-order chi connectivity index (χ0) is 23.0. The molecule has 0 fully saturated rings. The van der Waals surface area contributed by atoms with Crippen LogP contribution in [0.3, 0.4) is 0 Å². The number of hydrogen-bond acceptors (Lipinski definition) is 4. The van der Waals surface area contributed by atoms with Crippen LogP contribution in [0.4, 0.5) is 5.69 Å². The molecule has 1 amide bonds. The molecule has 5 rings (SSSR count). The lowest BCUT2D eigenvalue weighted by atomic mass is 10.1. The molecule has 3 aromatic carbocycles. The third-order valence-corrected chi connectivity index (χ3v) is 7.74. The number of aromatic nitrogens is 2. The summed E-state index contributed by atoms with van der Waals surface area (Å²) in [6.07, 6.45) is 3.52. The zero-order valence-electron chi connectivity index (χ0n) is 18.2. The number of sulfonamides is 1. The third kappa shape index (κ3) is 3.87. The fraction of sp³-hybridized carbons (Fsp3) is 0.200. The van der Waals surface area contributed by atoms with Crippen LogP contribution in [-0.4, -0.2) is 37.2 Å². The van der Waals surface area contributed by atoms with Crippen molar-refractivity contribution in [3.05, 3.63) is 84.2 Å². The monoisotopic (exact) mass is 460 g/mol. The van der Waals surface area contributed by atoms with Crippen LogP contribution in [0.1, 0.15) is 17.7 Å². The van der Waals surface area contributed by atoms with Gasteiger partial charge in [0.15, 0.2) is 0 Å². The highest BCUT2D eigenvalue weighted by molar-refractivity contribution is 7.93. The van der Waals surface area contributed by atoms with Crippen LogP contribution < -0.4 is 9.62 Å². The molecule has 0 spiro atoms. The number of aryl methyl sites for hydroxylation is 2. The minimum absolute atomic E-state index is 0.235. The summed E-state index contributed by atoms with van der Waals surface area (Å²) in [5.74, 6) is -0.319. The van der Waals surface area contributed by atoms with E-state index in [1.54, 1.807) is 18.2 Å². The number of para-hydroxylation sites is 1. The van der Waals surface area contributed by atoms with Gasteiger partial charge in [-0.3, -0.25) is 9.10 Å². The second kappa shape index (κ2) is 8.37. The van der Waals surface area contributed by atoms with E-state index in [0.29, 0.717) is 17.6 Å². The minimum Gasteiger partial charge on any atom is -0.355 e. The summed E-state index contributed by atoms with van der Waals surface area (Å²) in [5.41, 5.74) is 3.64. The number of amides is 1. The summed E-state index contributed by atoms with van der Waals surface area (Å²) in [5, 5.41) is 8.96. The maximum atomic E-state index is 13.0. The molecule has 4 aromatic rings. The van der Waals surface area contributed by atoms with E-state index in [4.69, 9.17) is 0 Å². The highest BCUT2D eigenvalue weighted by Gasteiger charge is 2.36. The summed E-state index contributed by atoms with van der Waals surface area (Å²) in [6, 6.07) is 20.6. The van der Waals surface area contributed by atoms with Crippen LogP contribution in [0.5, 0.6) is 0 Å². The molecule has 0 bridgehead atoms. The van der Waals surface area contributed by atoms with Gasteiger partial charge in [-0.1, -0.05) is 42.5 Å². The van der Waals surface area contributed by atoms with E-state index in [-0.39, 0.29) is 17.3 Å². The normalized spacial score (nSPS) is 14.0. The second-order valence-corrected chi connectivity index (χ2v) is 9.95. The molecule has 1 aliphatic rings. The Balaban J connectivity index is 1.20. The van der Waals surface area contributed by atoms with Gasteiger partial charge in [0, 0.05) is 18.1 Å².